The maximum Gasteiger partial charge on any atom is 0.314 e. The first-order valence-electron chi connectivity index (χ1n) is 8.40. The van der Waals surface area contributed by atoms with Gasteiger partial charge in [-0.2, -0.15) is 0 Å². The number of aromatic amines is 1. The molecule has 1 heterocycles. The zero-order valence-corrected chi connectivity index (χ0v) is 13.9. The topological polar surface area (TPSA) is 77.2 Å². The molecule has 1 atom stereocenters. The van der Waals surface area contributed by atoms with E-state index in [2.05, 4.69) is 41.6 Å². The number of hydrogen-bond donors (Lipinski definition) is 4. The fourth-order valence-electron chi connectivity index (χ4n) is 2.84. The van der Waals surface area contributed by atoms with E-state index in [-0.39, 0.29) is 11.9 Å². The summed E-state index contributed by atoms with van der Waals surface area (Å²) >= 11 is 0. The Morgan fingerprint density at radius 3 is 2.65 bits per heavy atom. The molecular weight excluding hydrogens is 290 g/mol. The number of nitrogens with one attached hydrogen (secondary N) is 3. The van der Waals surface area contributed by atoms with Gasteiger partial charge in [-0.1, -0.05) is 44.9 Å². The predicted molar refractivity (Wildman–Crippen MR) is 93.5 cm³/mol. The van der Waals surface area contributed by atoms with Gasteiger partial charge in [-0.15, -0.1) is 0 Å². The third-order valence-corrected chi connectivity index (χ3v) is 4.33. The van der Waals surface area contributed by atoms with Crippen LogP contribution in [0.5, 0.6) is 0 Å². The summed E-state index contributed by atoms with van der Waals surface area (Å²) in [6.45, 7) is 4.96. The first-order valence-corrected chi connectivity index (χ1v) is 8.40. The van der Waals surface area contributed by atoms with Crippen LogP contribution in [0.4, 0.5) is 4.79 Å². The summed E-state index contributed by atoms with van der Waals surface area (Å²) in [5.41, 5.74) is 2.21. The molecule has 0 saturated heterocycles. The van der Waals surface area contributed by atoms with Gasteiger partial charge in [0.1, 0.15) is 0 Å². The minimum Gasteiger partial charge on any atom is -0.391 e. The third-order valence-electron chi connectivity index (χ3n) is 4.33. The lowest BCUT2D eigenvalue weighted by molar-refractivity contribution is 0.103. The number of amides is 2. The molecule has 0 aliphatic heterocycles. The molecule has 1 aromatic heterocycles. The van der Waals surface area contributed by atoms with Gasteiger partial charge >= 0.3 is 6.03 Å². The molecule has 0 aliphatic rings. The molecule has 2 aromatic rings. The van der Waals surface area contributed by atoms with Crippen LogP contribution in [0.15, 0.2) is 30.3 Å². The number of fused-ring (bicyclic) bond motifs is 1. The summed E-state index contributed by atoms with van der Waals surface area (Å²) in [6.07, 6.45) is 2.10. The first kappa shape index (κ1) is 17.3. The average Bonchev–Trinajstić information content (AvgIpc) is 2.96. The van der Waals surface area contributed by atoms with Crippen LogP contribution < -0.4 is 10.6 Å². The SMILES string of the molecule is CCC(CC)C(O)CNC(=O)NCCc1cc2ccccc2[nH]1. The van der Waals surface area contributed by atoms with E-state index in [1.54, 1.807) is 0 Å². The molecular formula is C18H27N3O2. The van der Waals surface area contributed by atoms with E-state index in [1.165, 1.54) is 5.39 Å². The number of aliphatic hydroxyl groups excluding tert-OH is 1. The number of carbonyl (C=O) groups is 1. The number of urea groups is 1. The smallest absolute Gasteiger partial charge is 0.314 e. The number of benzene rings is 1. The summed E-state index contributed by atoms with van der Waals surface area (Å²) in [5, 5.41) is 16.7. The Hall–Kier alpha value is -2.01. The molecule has 0 saturated carbocycles. The molecule has 126 valence electrons. The van der Waals surface area contributed by atoms with Gasteiger partial charge in [0, 0.05) is 30.7 Å². The van der Waals surface area contributed by atoms with Crippen LogP contribution in [-0.4, -0.2) is 35.3 Å². The van der Waals surface area contributed by atoms with E-state index in [0.29, 0.717) is 13.1 Å². The quantitative estimate of drug-likeness (QED) is 0.604. The van der Waals surface area contributed by atoms with Crippen LogP contribution in [0.25, 0.3) is 10.9 Å². The number of hydrogen-bond acceptors (Lipinski definition) is 2. The molecule has 4 N–H and O–H groups in total. The predicted octanol–water partition coefficient (Wildman–Crippen LogP) is 2.81. The largest absolute Gasteiger partial charge is 0.391 e. The van der Waals surface area contributed by atoms with Crippen molar-refractivity contribution in [3.8, 4) is 0 Å². The van der Waals surface area contributed by atoms with Crippen molar-refractivity contribution in [2.45, 2.75) is 39.2 Å². The number of H-pyrrole nitrogens is 1. The highest BCUT2D eigenvalue weighted by atomic mass is 16.3. The van der Waals surface area contributed by atoms with Crippen molar-refractivity contribution in [3.05, 3.63) is 36.0 Å². The van der Waals surface area contributed by atoms with Crippen LogP contribution in [0.3, 0.4) is 0 Å². The van der Waals surface area contributed by atoms with Crippen molar-refractivity contribution in [1.29, 1.82) is 0 Å². The second-order valence-corrected chi connectivity index (χ2v) is 5.91. The molecule has 0 radical (unpaired) electrons. The molecule has 23 heavy (non-hydrogen) atoms. The Balaban J connectivity index is 1.70. The van der Waals surface area contributed by atoms with Crippen LogP contribution >= 0.6 is 0 Å². The second kappa shape index (κ2) is 8.58. The number of aromatic nitrogens is 1. The van der Waals surface area contributed by atoms with Crippen molar-refractivity contribution in [3.63, 3.8) is 0 Å². The number of aliphatic hydroxyl groups is 1. The number of para-hydroxylation sites is 1. The maximum absolute atomic E-state index is 11.8. The lowest BCUT2D eigenvalue weighted by atomic mass is 9.97. The van der Waals surface area contributed by atoms with Crippen molar-refractivity contribution in [2.24, 2.45) is 5.92 Å². The number of carbonyl (C=O) groups excluding carboxylic acids is 1. The van der Waals surface area contributed by atoms with Crippen LogP contribution in [0, 0.1) is 5.92 Å². The van der Waals surface area contributed by atoms with E-state index in [4.69, 9.17) is 0 Å². The monoisotopic (exact) mass is 317 g/mol. The van der Waals surface area contributed by atoms with Gasteiger partial charge in [-0.05, 0) is 23.4 Å². The Kier molecular flexibility index (Phi) is 6.47. The molecule has 1 unspecified atom stereocenters. The van der Waals surface area contributed by atoms with Gasteiger partial charge in [0.25, 0.3) is 0 Å². The average molecular weight is 317 g/mol. The van der Waals surface area contributed by atoms with E-state index in [1.807, 2.05) is 18.2 Å². The molecule has 5 nitrogen and oxygen atoms in total. The molecule has 0 bridgehead atoms. The van der Waals surface area contributed by atoms with Gasteiger partial charge in [0.2, 0.25) is 0 Å². The summed E-state index contributed by atoms with van der Waals surface area (Å²) in [7, 11) is 0. The van der Waals surface area contributed by atoms with Gasteiger partial charge in [-0.3, -0.25) is 0 Å². The van der Waals surface area contributed by atoms with Crippen LogP contribution in [0.2, 0.25) is 0 Å². The zero-order valence-electron chi connectivity index (χ0n) is 13.9. The molecule has 2 amide bonds. The van der Waals surface area contributed by atoms with Gasteiger partial charge < -0.3 is 20.7 Å². The van der Waals surface area contributed by atoms with E-state index in [0.717, 1.165) is 30.5 Å². The van der Waals surface area contributed by atoms with Crippen LogP contribution in [-0.2, 0) is 6.42 Å². The van der Waals surface area contributed by atoms with E-state index >= 15 is 0 Å². The standard InChI is InChI=1S/C18H27N3O2/c1-3-13(4-2)17(22)12-20-18(23)19-10-9-15-11-14-7-5-6-8-16(14)21-15/h5-8,11,13,17,21-22H,3-4,9-10,12H2,1-2H3,(H2,19,20,23). The molecule has 0 spiro atoms. The Bertz CT molecular complexity index is 587. The van der Waals surface area contributed by atoms with Gasteiger partial charge in [0.05, 0.1) is 6.10 Å². The zero-order chi connectivity index (χ0) is 16.7. The third kappa shape index (κ3) is 4.99. The second-order valence-electron chi connectivity index (χ2n) is 5.91. The fourth-order valence-corrected chi connectivity index (χ4v) is 2.84. The van der Waals surface area contributed by atoms with Crippen molar-refractivity contribution in [2.75, 3.05) is 13.1 Å². The first-order chi connectivity index (χ1) is 11.1. The minimum atomic E-state index is -0.482. The minimum absolute atomic E-state index is 0.230. The maximum atomic E-state index is 11.8. The molecule has 0 fully saturated rings. The summed E-state index contributed by atoms with van der Waals surface area (Å²) in [4.78, 5) is 15.1. The molecule has 0 aliphatic carbocycles. The summed E-state index contributed by atoms with van der Waals surface area (Å²) in [6, 6.07) is 9.99. The Labute approximate surface area is 137 Å². The van der Waals surface area contributed by atoms with Crippen molar-refractivity contribution in [1.82, 2.24) is 15.6 Å². The Morgan fingerprint density at radius 2 is 1.96 bits per heavy atom. The lowest BCUT2D eigenvalue weighted by Gasteiger charge is -2.20. The molecule has 5 heteroatoms. The van der Waals surface area contributed by atoms with Crippen LogP contribution in [0.1, 0.15) is 32.4 Å². The normalized spacial score (nSPS) is 12.5. The molecule has 2 rings (SSSR count). The highest BCUT2D eigenvalue weighted by molar-refractivity contribution is 5.80. The Morgan fingerprint density at radius 1 is 1.22 bits per heavy atom. The van der Waals surface area contributed by atoms with Crippen molar-refractivity contribution >= 4 is 16.9 Å². The van der Waals surface area contributed by atoms with E-state index < -0.39 is 6.10 Å². The highest BCUT2D eigenvalue weighted by Crippen LogP contribution is 2.14. The van der Waals surface area contributed by atoms with Gasteiger partial charge in [0.15, 0.2) is 0 Å². The number of rotatable bonds is 8. The summed E-state index contributed by atoms with van der Waals surface area (Å²) < 4.78 is 0. The van der Waals surface area contributed by atoms with E-state index in [9.17, 15) is 9.90 Å². The highest BCUT2D eigenvalue weighted by Gasteiger charge is 2.15. The van der Waals surface area contributed by atoms with Crippen molar-refractivity contribution < 1.29 is 9.90 Å². The summed E-state index contributed by atoms with van der Waals surface area (Å²) in [5.74, 6) is 0.238. The molecule has 1 aromatic carbocycles. The fraction of sp³-hybridized carbons (Fsp3) is 0.500. The van der Waals surface area contributed by atoms with Gasteiger partial charge in [-0.25, -0.2) is 4.79 Å². The lowest BCUT2D eigenvalue weighted by Crippen LogP contribution is -2.42.